The van der Waals surface area contributed by atoms with Gasteiger partial charge in [-0.25, -0.2) is 4.79 Å². The fourth-order valence-corrected chi connectivity index (χ4v) is 3.44. The van der Waals surface area contributed by atoms with Gasteiger partial charge in [0.2, 0.25) is 0 Å². The number of nitrogens with one attached hydrogen (secondary N) is 2. The van der Waals surface area contributed by atoms with E-state index in [0.29, 0.717) is 19.6 Å². The molecule has 0 radical (unpaired) electrons. The van der Waals surface area contributed by atoms with Gasteiger partial charge in [-0.1, -0.05) is 30.3 Å². The molecule has 1 heterocycles. The zero-order chi connectivity index (χ0) is 23.3. The van der Waals surface area contributed by atoms with Crippen LogP contribution in [0.5, 0.6) is 0 Å². The molecule has 32 heavy (non-hydrogen) atoms. The maximum atomic E-state index is 12.8. The molecule has 176 valence electrons. The molecule has 2 aliphatic rings. The van der Waals surface area contributed by atoms with Gasteiger partial charge in [0.05, 0.1) is 12.6 Å². The standard InChI is InChI=1S/C23H33N3O6/c1-23(2,3)32-22(30)25-17(19(27)20(28)24-16-9-10-16)13-26-12-11-18(21(26)29)31-14-15-7-5-4-6-8-15/h4-8,16-19,27H,9-14H2,1-3H3,(H,24,28)(H,25,30)/t17-,18-,19?/m0/s1. The van der Waals surface area contributed by atoms with E-state index in [0.717, 1.165) is 18.4 Å². The quantitative estimate of drug-likeness (QED) is 0.526. The van der Waals surface area contributed by atoms with Crippen LogP contribution in [0.2, 0.25) is 0 Å². The van der Waals surface area contributed by atoms with Crippen LogP contribution in [-0.4, -0.2) is 70.9 Å². The number of nitrogens with zero attached hydrogens (tertiary/aromatic N) is 1. The molecule has 9 nitrogen and oxygen atoms in total. The average molecular weight is 448 g/mol. The molecule has 3 atom stereocenters. The number of aliphatic hydroxyl groups is 1. The van der Waals surface area contributed by atoms with E-state index < -0.39 is 35.9 Å². The van der Waals surface area contributed by atoms with Crippen LogP contribution < -0.4 is 10.6 Å². The number of hydrogen-bond donors (Lipinski definition) is 3. The summed E-state index contributed by atoms with van der Waals surface area (Å²) >= 11 is 0. The van der Waals surface area contributed by atoms with Gasteiger partial charge in [0.1, 0.15) is 11.7 Å². The first-order valence-electron chi connectivity index (χ1n) is 11.0. The maximum Gasteiger partial charge on any atom is 0.408 e. The molecular weight excluding hydrogens is 414 g/mol. The number of alkyl carbamates (subject to hydrolysis) is 1. The van der Waals surface area contributed by atoms with Crippen molar-refractivity contribution in [2.24, 2.45) is 0 Å². The monoisotopic (exact) mass is 447 g/mol. The SMILES string of the molecule is CC(C)(C)OC(=O)N[C@@H](CN1CC[C@H](OCc2ccccc2)C1=O)C(O)C(=O)NC1CC1. The van der Waals surface area contributed by atoms with Crippen LogP contribution in [0.1, 0.15) is 45.6 Å². The highest BCUT2D eigenvalue weighted by molar-refractivity contribution is 5.84. The van der Waals surface area contributed by atoms with Gasteiger partial charge in [0.15, 0.2) is 6.10 Å². The van der Waals surface area contributed by atoms with Gasteiger partial charge in [-0.15, -0.1) is 0 Å². The van der Waals surface area contributed by atoms with E-state index in [1.165, 1.54) is 4.90 Å². The van der Waals surface area contributed by atoms with Crippen molar-refractivity contribution >= 4 is 17.9 Å². The van der Waals surface area contributed by atoms with Crippen molar-refractivity contribution in [1.82, 2.24) is 15.5 Å². The molecule has 3 rings (SSSR count). The third-order valence-electron chi connectivity index (χ3n) is 5.24. The summed E-state index contributed by atoms with van der Waals surface area (Å²) in [7, 11) is 0. The molecule has 3 N–H and O–H groups in total. The van der Waals surface area contributed by atoms with Gasteiger partial charge in [0, 0.05) is 25.6 Å². The average Bonchev–Trinajstić information content (AvgIpc) is 3.47. The minimum atomic E-state index is -1.51. The minimum absolute atomic E-state index is 0.0253. The van der Waals surface area contributed by atoms with E-state index in [9.17, 15) is 19.5 Å². The Morgan fingerprint density at radius 3 is 2.50 bits per heavy atom. The highest BCUT2D eigenvalue weighted by atomic mass is 16.6. The van der Waals surface area contributed by atoms with Crippen LogP contribution in [0.25, 0.3) is 0 Å². The summed E-state index contributed by atoms with van der Waals surface area (Å²) in [5, 5.41) is 15.9. The van der Waals surface area contributed by atoms with Crippen molar-refractivity contribution in [1.29, 1.82) is 0 Å². The summed E-state index contributed by atoms with van der Waals surface area (Å²) in [5.41, 5.74) is 0.228. The summed E-state index contributed by atoms with van der Waals surface area (Å²) < 4.78 is 11.1. The number of hydrogen-bond acceptors (Lipinski definition) is 6. The second kappa shape index (κ2) is 10.3. The number of ether oxygens (including phenoxy) is 2. The number of aliphatic hydroxyl groups excluding tert-OH is 1. The van der Waals surface area contributed by atoms with Crippen LogP contribution in [0.3, 0.4) is 0 Å². The second-order valence-electron chi connectivity index (χ2n) is 9.34. The number of rotatable bonds is 9. The molecule has 0 bridgehead atoms. The van der Waals surface area contributed by atoms with Gasteiger partial charge in [-0.2, -0.15) is 0 Å². The molecule has 1 aliphatic carbocycles. The van der Waals surface area contributed by atoms with Crippen LogP contribution in [-0.2, 0) is 25.7 Å². The normalized spacial score (nSPS) is 20.6. The molecule has 1 aromatic rings. The Kier molecular flexibility index (Phi) is 7.73. The van der Waals surface area contributed by atoms with Gasteiger partial charge in [-0.3, -0.25) is 9.59 Å². The van der Waals surface area contributed by atoms with E-state index >= 15 is 0 Å². The highest BCUT2D eigenvalue weighted by Crippen LogP contribution is 2.20. The van der Waals surface area contributed by atoms with Crippen LogP contribution >= 0.6 is 0 Å². The van der Waals surface area contributed by atoms with E-state index in [1.807, 2.05) is 30.3 Å². The molecule has 1 aromatic carbocycles. The molecule has 0 aromatic heterocycles. The van der Waals surface area contributed by atoms with Crippen molar-refractivity contribution in [2.45, 2.75) is 76.5 Å². The summed E-state index contributed by atoms with van der Waals surface area (Å²) in [6.45, 7) is 5.85. The highest BCUT2D eigenvalue weighted by Gasteiger charge is 2.38. The summed E-state index contributed by atoms with van der Waals surface area (Å²) in [6, 6.07) is 8.61. The molecular formula is C23H33N3O6. The summed E-state index contributed by atoms with van der Waals surface area (Å²) in [4.78, 5) is 39.0. The number of amides is 3. The Labute approximate surface area is 188 Å². The minimum Gasteiger partial charge on any atom is -0.444 e. The van der Waals surface area contributed by atoms with Gasteiger partial charge < -0.3 is 30.1 Å². The lowest BCUT2D eigenvalue weighted by molar-refractivity contribution is -0.140. The maximum absolute atomic E-state index is 12.8. The van der Waals surface area contributed by atoms with Crippen molar-refractivity contribution in [3.63, 3.8) is 0 Å². The number of likely N-dealkylation sites (tertiary alicyclic amines) is 1. The predicted octanol–water partition coefficient (Wildman–Crippen LogP) is 1.34. The molecule has 1 saturated carbocycles. The third kappa shape index (κ3) is 7.20. The fourth-order valence-electron chi connectivity index (χ4n) is 3.44. The first-order valence-corrected chi connectivity index (χ1v) is 11.0. The topological polar surface area (TPSA) is 117 Å². The molecule has 2 fully saturated rings. The Morgan fingerprint density at radius 2 is 1.88 bits per heavy atom. The fraction of sp³-hybridized carbons (Fsp3) is 0.609. The molecule has 1 unspecified atom stereocenters. The van der Waals surface area contributed by atoms with E-state index in [-0.39, 0.29) is 18.5 Å². The molecule has 9 heteroatoms. The Morgan fingerprint density at radius 1 is 1.19 bits per heavy atom. The molecule has 3 amide bonds. The first kappa shape index (κ1) is 24.0. The van der Waals surface area contributed by atoms with Crippen molar-refractivity contribution in [3.05, 3.63) is 35.9 Å². The van der Waals surface area contributed by atoms with Gasteiger partial charge in [0.25, 0.3) is 11.8 Å². The second-order valence-corrected chi connectivity index (χ2v) is 9.34. The van der Waals surface area contributed by atoms with Crippen molar-refractivity contribution in [3.8, 4) is 0 Å². The van der Waals surface area contributed by atoms with Gasteiger partial charge in [-0.05, 0) is 39.2 Å². The predicted molar refractivity (Wildman–Crippen MR) is 117 cm³/mol. The van der Waals surface area contributed by atoms with E-state index in [4.69, 9.17) is 9.47 Å². The van der Waals surface area contributed by atoms with Gasteiger partial charge >= 0.3 is 6.09 Å². The lowest BCUT2D eigenvalue weighted by atomic mass is 10.1. The van der Waals surface area contributed by atoms with Crippen LogP contribution in [0.4, 0.5) is 4.79 Å². The van der Waals surface area contributed by atoms with E-state index in [2.05, 4.69) is 10.6 Å². The number of carbonyl (C=O) groups is 3. The lowest BCUT2D eigenvalue weighted by Gasteiger charge is -2.29. The number of benzene rings is 1. The van der Waals surface area contributed by atoms with E-state index in [1.54, 1.807) is 20.8 Å². The summed E-state index contributed by atoms with van der Waals surface area (Å²) in [6.07, 6.45) is -0.643. The number of carbonyl (C=O) groups excluding carboxylic acids is 3. The Hall–Kier alpha value is -2.65. The van der Waals surface area contributed by atoms with Crippen molar-refractivity contribution in [2.75, 3.05) is 13.1 Å². The first-order chi connectivity index (χ1) is 15.1. The smallest absolute Gasteiger partial charge is 0.408 e. The van der Waals surface area contributed by atoms with Crippen molar-refractivity contribution < 1.29 is 29.0 Å². The largest absolute Gasteiger partial charge is 0.444 e. The zero-order valence-electron chi connectivity index (χ0n) is 18.9. The molecule has 1 saturated heterocycles. The Bertz CT molecular complexity index is 806. The summed E-state index contributed by atoms with van der Waals surface area (Å²) in [5.74, 6) is -0.802. The molecule has 0 spiro atoms. The van der Waals surface area contributed by atoms with Crippen LogP contribution in [0, 0.1) is 0 Å². The molecule has 1 aliphatic heterocycles. The lowest BCUT2D eigenvalue weighted by Crippen LogP contribution is -2.56. The zero-order valence-corrected chi connectivity index (χ0v) is 18.9. The van der Waals surface area contributed by atoms with Crippen LogP contribution in [0.15, 0.2) is 30.3 Å². The Balaban J connectivity index is 1.60. The third-order valence-corrected chi connectivity index (χ3v) is 5.24.